The van der Waals surface area contributed by atoms with Gasteiger partial charge in [-0.05, 0) is 26.0 Å². The molecule has 1 aromatic heterocycles. The summed E-state index contributed by atoms with van der Waals surface area (Å²) in [4.78, 5) is 18.5. The minimum absolute atomic E-state index is 0.0886. The van der Waals surface area contributed by atoms with Gasteiger partial charge in [-0.25, -0.2) is 4.98 Å². The number of amides is 1. The molecule has 1 aliphatic rings. The number of likely N-dealkylation sites (tertiary alicyclic amines) is 1. The lowest BCUT2D eigenvalue weighted by molar-refractivity contribution is -0.891. The number of carbonyl (C=O) groups excluding carboxylic acids is 1. The molecule has 1 amide bonds. The summed E-state index contributed by atoms with van der Waals surface area (Å²) in [6.45, 7) is 7.59. The SMILES string of the molecule is CC(C)(C[NH+]1CCCC1)NC(=O)c1ccc2ccccc2n1. The van der Waals surface area contributed by atoms with Crippen molar-refractivity contribution in [3.8, 4) is 0 Å². The molecule has 22 heavy (non-hydrogen) atoms. The van der Waals surface area contributed by atoms with E-state index in [1.54, 1.807) is 11.0 Å². The number of nitrogens with one attached hydrogen (secondary N) is 2. The second-order valence-corrected chi connectivity index (χ2v) is 6.86. The Labute approximate surface area is 131 Å². The predicted molar refractivity (Wildman–Crippen MR) is 88.1 cm³/mol. The van der Waals surface area contributed by atoms with Crippen LogP contribution in [-0.2, 0) is 0 Å². The molecule has 2 N–H and O–H groups in total. The number of nitrogens with zero attached hydrogens (tertiary/aromatic N) is 1. The van der Waals surface area contributed by atoms with Gasteiger partial charge in [-0.3, -0.25) is 4.79 Å². The highest BCUT2D eigenvalue weighted by Crippen LogP contribution is 2.12. The largest absolute Gasteiger partial charge is 0.340 e. The molecule has 0 saturated carbocycles. The third-order valence-corrected chi connectivity index (χ3v) is 4.29. The van der Waals surface area contributed by atoms with Crippen molar-refractivity contribution in [3.05, 3.63) is 42.1 Å². The molecule has 0 unspecified atom stereocenters. The van der Waals surface area contributed by atoms with E-state index in [0.717, 1.165) is 17.4 Å². The van der Waals surface area contributed by atoms with Crippen LogP contribution in [0.2, 0.25) is 0 Å². The Hall–Kier alpha value is -1.94. The van der Waals surface area contributed by atoms with Crippen molar-refractivity contribution in [1.29, 1.82) is 0 Å². The standard InChI is InChI=1S/C18H23N3O/c1-18(2,13-21-11-5-6-12-21)20-17(22)16-10-9-14-7-3-4-8-15(14)19-16/h3-4,7-10H,5-6,11-13H2,1-2H3,(H,20,22)/p+1. The Bertz CT molecular complexity index is 675. The summed E-state index contributed by atoms with van der Waals surface area (Å²) in [5, 5.41) is 4.20. The summed E-state index contributed by atoms with van der Waals surface area (Å²) in [6, 6.07) is 11.6. The van der Waals surface area contributed by atoms with Crippen molar-refractivity contribution >= 4 is 16.8 Å². The van der Waals surface area contributed by atoms with Crippen LogP contribution in [0.25, 0.3) is 10.9 Å². The van der Waals surface area contributed by atoms with Crippen LogP contribution in [0.5, 0.6) is 0 Å². The highest BCUT2D eigenvalue weighted by atomic mass is 16.2. The van der Waals surface area contributed by atoms with Gasteiger partial charge in [0.15, 0.2) is 0 Å². The van der Waals surface area contributed by atoms with Crippen LogP contribution in [0.15, 0.2) is 36.4 Å². The van der Waals surface area contributed by atoms with Crippen LogP contribution in [0.1, 0.15) is 37.2 Å². The minimum Gasteiger partial charge on any atom is -0.340 e. The van der Waals surface area contributed by atoms with Crippen molar-refractivity contribution < 1.29 is 9.69 Å². The van der Waals surface area contributed by atoms with E-state index in [0.29, 0.717) is 5.69 Å². The summed E-state index contributed by atoms with van der Waals surface area (Å²) in [6.07, 6.45) is 2.59. The maximum absolute atomic E-state index is 12.5. The molecule has 0 spiro atoms. The van der Waals surface area contributed by atoms with Gasteiger partial charge in [-0.2, -0.15) is 0 Å². The molecule has 2 aromatic rings. The first-order chi connectivity index (χ1) is 10.5. The molecule has 0 bridgehead atoms. The predicted octanol–water partition coefficient (Wildman–Crippen LogP) is 1.42. The number of quaternary nitrogens is 1. The fraction of sp³-hybridized carbons (Fsp3) is 0.444. The number of hydrogen-bond acceptors (Lipinski definition) is 2. The number of carbonyl (C=O) groups is 1. The Morgan fingerprint density at radius 2 is 1.91 bits per heavy atom. The fourth-order valence-electron chi connectivity index (χ4n) is 3.28. The van der Waals surface area contributed by atoms with E-state index in [2.05, 4.69) is 24.1 Å². The molecule has 1 saturated heterocycles. The van der Waals surface area contributed by atoms with Crippen LogP contribution in [-0.4, -0.2) is 36.1 Å². The first-order valence-electron chi connectivity index (χ1n) is 8.05. The normalized spacial score (nSPS) is 16.1. The van der Waals surface area contributed by atoms with Crippen molar-refractivity contribution in [2.45, 2.75) is 32.2 Å². The topological polar surface area (TPSA) is 46.4 Å². The van der Waals surface area contributed by atoms with Gasteiger partial charge in [0.05, 0.1) is 30.7 Å². The molecule has 116 valence electrons. The van der Waals surface area contributed by atoms with Gasteiger partial charge in [0.25, 0.3) is 5.91 Å². The van der Waals surface area contributed by atoms with Crippen molar-refractivity contribution in [3.63, 3.8) is 0 Å². The monoisotopic (exact) mass is 298 g/mol. The Morgan fingerprint density at radius 3 is 2.68 bits per heavy atom. The van der Waals surface area contributed by atoms with Gasteiger partial charge < -0.3 is 10.2 Å². The summed E-state index contributed by atoms with van der Waals surface area (Å²) in [5.74, 6) is -0.0886. The van der Waals surface area contributed by atoms with Gasteiger partial charge in [0, 0.05) is 18.2 Å². The van der Waals surface area contributed by atoms with E-state index in [9.17, 15) is 4.79 Å². The number of pyridine rings is 1. The number of para-hydroxylation sites is 1. The molecule has 0 aliphatic carbocycles. The maximum atomic E-state index is 12.5. The number of hydrogen-bond donors (Lipinski definition) is 2. The van der Waals surface area contributed by atoms with Crippen molar-refractivity contribution in [2.75, 3.05) is 19.6 Å². The first kappa shape index (κ1) is 15.0. The van der Waals surface area contributed by atoms with Crippen LogP contribution in [0.4, 0.5) is 0 Å². The zero-order valence-electron chi connectivity index (χ0n) is 13.4. The lowest BCUT2D eigenvalue weighted by Gasteiger charge is -2.28. The Morgan fingerprint density at radius 1 is 1.18 bits per heavy atom. The molecule has 2 heterocycles. The number of benzene rings is 1. The van der Waals surface area contributed by atoms with Crippen LogP contribution in [0.3, 0.4) is 0 Å². The lowest BCUT2D eigenvalue weighted by Crippen LogP contribution is -3.12. The number of rotatable bonds is 4. The van der Waals surface area contributed by atoms with Gasteiger partial charge in [-0.15, -0.1) is 0 Å². The zero-order chi connectivity index (χ0) is 15.6. The summed E-state index contributed by atoms with van der Waals surface area (Å²) in [7, 11) is 0. The van der Waals surface area contributed by atoms with Crippen LogP contribution < -0.4 is 10.2 Å². The zero-order valence-corrected chi connectivity index (χ0v) is 13.4. The van der Waals surface area contributed by atoms with Gasteiger partial charge in [0.1, 0.15) is 5.69 Å². The van der Waals surface area contributed by atoms with E-state index >= 15 is 0 Å². The van der Waals surface area contributed by atoms with Crippen LogP contribution in [0, 0.1) is 0 Å². The minimum atomic E-state index is -0.218. The molecule has 3 rings (SSSR count). The van der Waals surface area contributed by atoms with Crippen molar-refractivity contribution in [2.24, 2.45) is 0 Å². The Balaban J connectivity index is 1.71. The van der Waals surface area contributed by atoms with Crippen LogP contribution >= 0.6 is 0 Å². The van der Waals surface area contributed by atoms with Gasteiger partial charge >= 0.3 is 0 Å². The summed E-state index contributed by atoms with van der Waals surface area (Å²) in [5.41, 5.74) is 1.13. The third kappa shape index (κ3) is 3.45. The highest BCUT2D eigenvalue weighted by molar-refractivity contribution is 5.95. The van der Waals surface area contributed by atoms with E-state index in [4.69, 9.17) is 0 Å². The maximum Gasteiger partial charge on any atom is 0.270 e. The second kappa shape index (κ2) is 6.05. The molecular formula is C18H24N3O+. The lowest BCUT2D eigenvalue weighted by atomic mass is 10.0. The molecule has 1 aliphatic heterocycles. The fourth-order valence-corrected chi connectivity index (χ4v) is 3.28. The summed E-state index contributed by atoms with van der Waals surface area (Å²) < 4.78 is 0. The number of aromatic nitrogens is 1. The average Bonchev–Trinajstić information content (AvgIpc) is 2.98. The molecule has 1 fully saturated rings. The van der Waals surface area contributed by atoms with Gasteiger partial charge in [-0.1, -0.05) is 24.3 Å². The smallest absolute Gasteiger partial charge is 0.270 e. The van der Waals surface area contributed by atoms with E-state index < -0.39 is 0 Å². The highest BCUT2D eigenvalue weighted by Gasteiger charge is 2.29. The molecule has 0 atom stereocenters. The third-order valence-electron chi connectivity index (χ3n) is 4.29. The van der Waals surface area contributed by atoms with E-state index in [-0.39, 0.29) is 11.4 Å². The molecule has 4 heteroatoms. The number of fused-ring (bicyclic) bond motifs is 1. The molecule has 0 radical (unpaired) electrons. The van der Waals surface area contributed by atoms with E-state index in [1.807, 2.05) is 30.3 Å². The molecule has 4 nitrogen and oxygen atoms in total. The average molecular weight is 298 g/mol. The van der Waals surface area contributed by atoms with E-state index in [1.165, 1.54) is 25.9 Å². The molecule has 1 aromatic carbocycles. The second-order valence-electron chi connectivity index (χ2n) is 6.86. The quantitative estimate of drug-likeness (QED) is 0.897. The first-order valence-corrected chi connectivity index (χ1v) is 8.05. The van der Waals surface area contributed by atoms with Crippen molar-refractivity contribution in [1.82, 2.24) is 10.3 Å². The summed E-state index contributed by atoms with van der Waals surface area (Å²) >= 11 is 0. The van der Waals surface area contributed by atoms with Gasteiger partial charge in [0.2, 0.25) is 0 Å². The Kier molecular flexibility index (Phi) is 4.12. The molecular weight excluding hydrogens is 274 g/mol.